The third-order valence-corrected chi connectivity index (χ3v) is 7.15. The van der Waals surface area contributed by atoms with Crippen LogP contribution in [0.1, 0.15) is 85.2 Å². The van der Waals surface area contributed by atoms with Crippen molar-refractivity contribution in [2.24, 2.45) is 5.92 Å². The molecule has 2 fully saturated rings. The van der Waals surface area contributed by atoms with E-state index < -0.39 is 0 Å². The SMILES string of the molecule is O=C(CCCC1CCCC1)c1cccc(Nc2ccc(OCc3ccncc3)cc2C2CC2)c1. The average Bonchev–Trinajstić information content (AvgIpc) is 3.59. The summed E-state index contributed by atoms with van der Waals surface area (Å²) in [5.74, 6) is 2.56. The van der Waals surface area contributed by atoms with Crippen molar-refractivity contribution in [2.75, 3.05) is 5.32 Å². The van der Waals surface area contributed by atoms with Gasteiger partial charge in [0.25, 0.3) is 0 Å². The van der Waals surface area contributed by atoms with Gasteiger partial charge in [-0.3, -0.25) is 9.78 Å². The molecular formula is C30H34N2O2. The molecule has 2 aromatic carbocycles. The summed E-state index contributed by atoms with van der Waals surface area (Å²) < 4.78 is 6.04. The number of hydrogen-bond donors (Lipinski definition) is 1. The lowest BCUT2D eigenvalue weighted by molar-refractivity contribution is 0.0977. The van der Waals surface area contributed by atoms with E-state index in [1.54, 1.807) is 12.4 Å². The maximum Gasteiger partial charge on any atom is 0.162 e. The number of ketones is 1. The van der Waals surface area contributed by atoms with Crippen LogP contribution < -0.4 is 10.1 Å². The number of ether oxygens (including phenoxy) is 1. The molecule has 4 heteroatoms. The number of benzene rings is 2. The molecule has 34 heavy (non-hydrogen) atoms. The summed E-state index contributed by atoms with van der Waals surface area (Å²) in [7, 11) is 0. The van der Waals surface area contributed by atoms with Crippen LogP contribution in [0, 0.1) is 5.92 Å². The first kappa shape index (κ1) is 22.6. The predicted octanol–water partition coefficient (Wildman–Crippen LogP) is 7.82. The lowest BCUT2D eigenvalue weighted by Crippen LogP contribution is -2.03. The van der Waals surface area contributed by atoms with Crippen LogP contribution >= 0.6 is 0 Å². The van der Waals surface area contributed by atoms with Crippen LogP contribution in [0.5, 0.6) is 5.75 Å². The van der Waals surface area contributed by atoms with E-state index in [1.807, 2.05) is 42.5 Å². The van der Waals surface area contributed by atoms with Crippen molar-refractivity contribution in [1.29, 1.82) is 0 Å². The first-order chi connectivity index (χ1) is 16.7. The van der Waals surface area contributed by atoms with E-state index in [-0.39, 0.29) is 5.78 Å². The van der Waals surface area contributed by atoms with Crippen LogP contribution in [-0.2, 0) is 6.61 Å². The second-order valence-corrected chi connectivity index (χ2v) is 9.84. The Morgan fingerprint density at radius 3 is 2.59 bits per heavy atom. The summed E-state index contributed by atoms with van der Waals surface area (Å²) in [6.45, 7) is 0.532. The smallest absolute Gasteiger partial charge is 0.162 e. The van der Waals surface area contributed by atoms with Gasteiger partial charge in [-0.1, -0.05) is 44.2 Å². The molecule has 0 spiro atoms. The summed E-state index contributed by atoms with van der Waals surface area (Å²) >= 11 is 0. The lowest BCUT2D eigenvalue weighted by atomic mass is 9.97. The molecule has 4 nitrogen and oxygen atoms in total. The van der Waals surface area contributed by atoms with Gasteiger partial charge >= 0.3 is 0 Å². The number of aromatic nitrogens is 1. The molecular weight excluding hydrogens is 420 g/mol. The van der Waals surface area contributed by atoms with Crippen LogP contribution in [0.2, 0.25) is 0 Å². The van der Waals surface area contributed by atoms with E-state index in [4.69, 9.17) is 4.74 Å². The fourth-order valence-corrected chi connectivity index (χ4v) is 5.04. The zero-order valence-corrected chi connectivity index (χ0v) is 19.8. The number of carbonyl (C=O) groups is 1. The minimum atomic E-state index is 0.254. The lowest BCUT2D eigenvalue weighted by Gasteiger charge is -2.15. The molecule has 0 bridgehead atoms. The molecule has 1 heterocycles. The predicted molar refractivity (Wildman–Crippen MR) is 137 cm³/mol. The van der Waals surface area contributed by atoms with Crippen LogP contribution in [0.15, 0.2) is 67.0 Å². The number of hydrogen-bond acceptors (Lipinski definition) is 4. The van der Waals surface area contributed by atoms with Gasteiger partial charge in [-0.05, 0) is 84.7 Å². The second-order valence-electron chi connectivity index (χ2n) is 9.84. The third-order valence-electron chi connectivity index (χ3n) is 7.15. The largest absolute Gasteiger partial charge is 0.489 e. The van der Waals surface area contributed by atoms with Gasteiger partial charge in [-0.2, -0.15) is 0 Å². The van der Waals surface area contributed by atoms with Gasteiger partial charge in [0.1, 0.15) is 12.4 Å². The highest BCUT2D eigenvalue weighted by molar-refractivity contribution is 5.97. The van der Waals surface area contributed by atoms with Gasteiger partial charge in [-0.15, -0.1) is 0 Å². The summed E-state index contributed by atoms with van der Waals surface area (Å²) in [4.78, 5) is 16.9. The van der Waals surface area contributed by atoms with Crippen LogP contribution in [-0.4, -0.2) is 10.8 Å². The number of pyridine rings is 1. The molecule has 0 radical (unpaired) electrons. The summed E-state index contributed by atoms with van der Waals surface area (Å²) in [6.07, 6.45) is 14.3. The maximum atomic E-state index is 12.8. The van der Waals surface area contributed by atoms with Crippen molar-refractivity contribution in [1.82, 2.24) is 4.98 Å². The Morgan fingerprint density at radius 1 is 0.971 bits per heavy atom. The zero-order chi connectivity index (χ0) is 23.2. The van der Waals surface area contributed by atoms with Crippen molar-refractivity contribution in [2.45, 2.75) is 70.3 Å². The Balaban J connectivity index is 1.22. The van der Waals surface area contributed by atoms with Crippen molar-refractivity contribution in [3.05, 3.63) is 83.7 Å². The number of Topliss-reactive ketones (excluding diaryl/α,β-unsaturated/α-hetero) is 1. The highest BCUT2D eigenvalue weighted by atomic mass is 16.5. The zero-order valence-electron chi connectivity index (χ0n) is 19.8. The first-order valence-corrected chi connectivity index (χ1v) is 12.8. The normalized spacial score (nSPS) is 15.9. The van der Waals surface area contributed by atoms with E-state index in [0.717, 1.165) is 40.6 Å². The molecule has 3 aromatic rings. The third kappa shape index (κ3) is 6.05. The molecule has 0 atom stereocenters. The molecule has 0 saturated heterocycles. The van der Waals surface area contributed by atoms with Gasteiger partial charge in [0.2, 0.25) is 0 Å². The van der Waals surface area contributed by atoms with Crippen molar-refractivity contribution in [3.8, 4) is 5.75 Å². The standard InChI is InChI=1S/C30H34N2O2/c33-30(10-3-7-22-5-1-2-6-22)25-8-4-9-26(19-25)32-29-14-13-27(20-28(29)24-11-12-24)34-21-23-15-17-31-18-16-23/h4,8-9,13-20,22,24,32H,1-3,5-7,10-12,21H2. The quantitative estimate of drug-likeness (QED) is 0.300. The van der Waals surface area contributed by atoms with Crippen LogP contribution in [0.25, 0.3) is 0 Å². The van der Waals surface area contributed by atoms with Crippen molar-refractivity contribution < 1.29 is 9.53 Å². The number of nitrogens with one attached hydrogen (secondary N) is 1. The fraction of sp³-hybridized carbons (Fsp3) is 0.400. The molecule has 2 aliphatic rings. The van der Waals surface area contributed by atoms with Gasteiger partial charge in [0, 0.05) is 35.8 Å². The van der Waals surface area contributed by atoms with Crippen molar-refractivity contribution >= 4 is 17.2 Å². The Bertz CT molecular complexity index is 1100. The van der Waals surface area contributed by atoms with Crippen LogP contribution in [0.4, 0.5) is 11.4 Å². The van der Waals surface area contributed by atoms with Gasteiger partial charge in [0.15, 0.2) is 5.78 Å². The van der Waals surface area contributed by atoms with Gasteiger partial charge < -0.3 is 10.1 Å². The first-order valence-electron chi connectivity index (χ1n) is 12.8. The number of carbonyl (C=O) groups excluding carboxylic acids is 1. The minimum Gasteiger partial charge on any atom is -0.489 e. The van der Waals surface area contributed by atoms with Crippen molar-refractivity contribution in [3.63, 3.8) is 0 Å². The van der Waals surface area contributed by atoms with Crippen LogP contribution in [0.3, 0.4) is 0 Å². The van der Waals surface area contributed by atoms with Gasteiger partial charge in [0.05, 0.1) is 0 Å². The molecule has 0 aliphatic heterocycles. The topological polar surface area (TPSA) is 51.2 Å². The van der Waals surface area contributed by atoms with E-state index in [2.05, 4.69) is 22.4 Å². The highest BCUT2D eigenvalue weighted by Gasteiger charge is 2.27. The molecule has 0 unspecified atom stereocenters. The van der Waals surface area contributed by atoms with E-state index >= 15 is 0 Å². The molecule has 0 amide bonds. The summed E-state index contributed by atoms with van der Waals surface area (Å²) in [5.41, 5.74) is 5.27. The Kier molecular flexibility index (Phi) is 7.23. The van der Waals surface area contributed by atoms with Gasteiger partial charge in [-0.25, -0.2) is 0 Å². The molecule has 1 N–H and O–H groups in total. The Morgan fingerprint density at radius 2 is 1.79 bits per heavy atom. The maximum absolute atomic E-state index is 12.8. The second kappa shape index (κ2) is 10.9. The van der Waals surface area contributed by atoms with E-state index in [1.165, 1.54) is 50.5 Å². The minimum absolute atomic E-state index is 0.254. The summed E-state index contributed by atoms with van der Waals surface area (Å²) in [6, 6.07) is 18.2. The molecule has 176 valence electrons. The Labute approximate surface area is 202 Å². The average molecular weight is 455 g/mol. The molecule has 5 rings (SSSR count). The fourth-order valence-electron chi connectivity index (χ4n) is 5.04. The summed E-state index contributed by atoms with van der Waals surface area (Å²) in [5, 5.41) is 3.57. The monoisotopic (exact) mass is 454 g/mol. The van der Waals surface area contributed by atoms with E-state index in [0.29, 0.717) is 18.9 Å². The molecule has 2 saturated carbocycles. The molecule has 1 aromatic heterocycles. The molecule has 2 aliphatic carbocycles. The number of nitrogens with zero attached hydrogens (tertiary/aromatic N) is 1. The van der Waals surface area contributed by atoms with E-state index in [9.17, 15) is 4.79 Å². The highest BCUT2D eigenvalue weighted by Crippen LogP contribution is 2.45. The Hall–Kier alpha value is -3.14. The number of anilines is 2. The number of rotatable bonds is 11.